The molecule has 0 aliphatic heterocycles. The summed E-state index contributed by atoms with van der Waals surface area (Å²) in [6.45, 7) is 6.43. The Balaban J connectivity index is 1.76. The van der Waals surface area contributed by atoms with Crippen molar-refractivity contribution in [2.75, 3.05) is 25.5 Å². The number of aromatic nitrogens is 3. The normalized spacial score (nSPS) is 11.4. The first-order valence-electron chi connectivity index (χ1n) is 7.20. The summed E-state index contributed by atoms with van der Waals surface area (Å²) in [5.74, 6) is 0.612. The second-order valence-corrected chi connectivity index (χ2v) is 5.33. The van der Waals surface area contributed by atoms with Gasteiger partial charge in [-0.3, -0.25) is 0 Å². The van der Waals surface area contributed by atoms with Gasteiger partial charge in [0.25, 0.3) is 0 Å². The zero-order valence-corrected chi connectivity index (χ0v) is 12.5. The number of nitrogens with zero attached hydrogens (tertiary/aromatic N) is 4. The van der Waals surface area contributed by atoms with Crippen LogP contribution in [0.5, 0.6) is 0 Å². The number of rotatable bonds is 7. The molecule has 1 aromatic carbocycles. The summed E-state index contributed by atoms with van der Waals surface area (Å²) in [7, 11) is 2.16. The highest BCUT2D eigenvalue weighted by molar-refractivity contribution is 5.73. The molecule has 0 fully saturated rings. The van der Waals surface area contributed by atoms with Gasteiger partial charge in [0.15, 0.2) is 0 Å². The van der Waals surface area contributed by atoms with Crippen LogP contribution in [0.3, 0.4) is 0 Å². The van der Waals surface area contributed by atoms with Crippen molar-refractivity contribution in [1.82, 2.24) is 20.1 Å². The highest BCUT2D eigenvalue weighted by Gasteiger charge is 2.03. The average molecular weight is 273 g/mol. The number of fused-ring (bicyclic) bond motifs is 1. The standard InChI is InChI=1S/C15H23N5/c1-12(2)20(3)11-7-6-10-16-15-17-13-8-4-5-9-14(13)18-19-15/h4-5,8-9,12H,6-7,10-11H2,1-3H3,(H,16,17,19). The second-order valence-electron chi connectivity index (χ2n) is 5.33. The third-order valence-corrected chi connectivity index (χ3v) is 3.46. The molecule has 0 amide bonds. The zero-order valence-electron chi connectivity index (χ0n) is 12.5. The van der Waals surface area contributed by atoms with Crippen molar-refractivity contribution in [2.45, 2.75) is 32.7 Å². The molecule has 1 N–H and O–H groups in total. The molecule has 2 rings (SSSR count). The Hall–Kier alpha value is -1.75. The molecule has 108 valence electrons. The molecule has 0 spiro atoms. The van der Waals surface area contributed by atoms with Crippen LogP contribution in [0.1, 0.15) is 26.7 Å². The monoisotopic (exact) mass is 273 g/mol. The molecule has 0 unspecified atom stereocenters. The fraction of sp³-hybridized carbons (Fsp3) is 0.533. The van der Waals surface area contributed by atoms with Gasteiger partial charge in [0.1, 0.15) is 5.52 Å². The molecule has 5 heteroatoms. The van der Waals surface area contributed by atoms with Crippen molar-refractivity contribution in [2.24, 2.45) is 0 Å². The van der Waals surface area contributed by atoms with E-state index in [0.717, 1.165) is 30.5 Å². The van der Waals surface area contributed by atoms with E-state index in [9.17, 15) is 0 Å². The fourth-order valence-electron chi connectivity index (χ4n) is 1.90. The Morgan fingerprint density at radius 3 is 2.60 bits per heavy atom. The van der Waals surface area contributed by atoms with Crippen LogP contribution in [-0.2, 0) is 0 Å². The van der Waals surface area contributed by atoms with Crippen LogP contribution < -0.4 is 5.32 Å². The molecule has 2 aromatic rings. The molecular weight excluding hydrogens is 250 g/mol. The quantitative estimate of drug-likeness (QED) is 0.786. The van der Waals surface area contributed by atoms with Crippen LogP contribution >= 0.6 is 0 Å². The van der Waals surface area contributed by atoms with E-state index in [1.54, 1.807) is 0 Å². The van der Waals surface area contributed by atoms with Gasteiger partial charge >= 0.3 is 0 Å². The predicted octanol–water partition coefficient (Wildman–Crippen LogP) is 2.56. The molecule has 20 heavy (non-hydrogen) atoms. The summed E-state index contributed by atoms with van der Waals surface area (Å²) in [6.07, 6.45) is 2.27. The minimum absolute atomic E-state index is 0.607. The van der Waals surface area contributed by atoms with Crippen LogP contribution in [-0.4, -0.2) is 46.3 Å². The SMILES string of the molecule is CC(C)N(C)CCCCNc1nnc2ccccc2n1. The van der Waals surface area contributed by atoms with E-state index in [4.69, 9.17) is 0 Å². The van der Waals surface area contributed by atoms with Crippen molar-refractivity contribution in [1.29, 1.82) is 0 Å². The van der Waals surface area contributed by atoms with Crippen molar-refractivity contribution in [3.8, 4) is 0 Å². The Morgan fingerprint density at radius 2 is 1.85 bits per heavy atom. The zero-order chi connectivity index (χ0) is 14.4. The van der Waals surface area contributed by atoms with Gasteiger partial charge < -0.3 is 10.2 Å². The van der Waals surface area contributed by atoms with Crippen molar-refractivity contribution >= 4 is 17.0 Å². The van der Waals surface area contributed by atoms with Gasteiger partial charge in [0.2, 0.25) is 5.95 Å². The maximum Gasteiger partial charge on any atom is 0.243 e. The van der Waals surface area contributed by atoms with E-state index in [0.29, 0.717) is 12.0 Å². The van der Waals surface area contributed by atoms with Crippen LogP contribution in [0.15, 0.2) is 24.3 Å². The number of hydrogen-bond acceptors (Lipinski definition) is 5. The smallest absolute Gasteiger partial charge is 0.243 e. The summed E-state index contributed by atoms with van der Waals surface area (Å²) < 4.78 is 0. The van der Waals surface area contributed by atoms with Crippen molar-refractivity contribution in [3.05, 3.63) is 24.3 Å². The number of benzene rings is 1. The lowest BCUT2D eigenvalue weighted by molar-refractivity contribution is 0.269. The van der Waals surface area contributed by atoms with Gasteiger partial charge in [-0.05, 0) is 52.4 Å². The Morgan fingerprint density at radius 1 is 1.10 bits per heavy atom. The minimum Gasteiger partial charge on any atom is -0.353 e. The highest BCUT2D eigenvalue weighted by Crippen LogP contribution is 2.08. The van der Waals surface area contributed by atoms with Crippen LogP contribution in [0.4, 0.5) is 5.95 Å². The van der Waals surface area contributed by atoms with E-state index < -0.39 is 0 Å². The minimum atomic E-state index is 0.607. The largest absolute Gasteiger partial charge is 0.353 e. The number of para-hydroxylation sites is 1. The van der Waals surface area contributed by atoms with Gasteiger partial charge in [0.05, 0.1) is 5.52 Å². The van der Waals surface area contributed by atoms with Crippen LogP contribution in [0, 0.1) is 0 Å². The van der Waals surface area contributed by atoms with E-state index in [1.165, 1.54) is 6.42 Å². The molecule has 0 aliphatic carbocycles. The van der Waals surface area contributed by atoms with Gasteiger partial charge in [-0.2, -0.15) is 0 Å². The summed E-state index contributed by atoms with van der Waals surface area (Å²) in [6, 6.07) is 8.38. The molecule has 1 heterocycles. The number of anilines is 1. The molecule has 0 radical (unpaired) electrons. The summed E-state index contributed by atoms with van der Waals surface area (Å²) >= 11 is 0. The molecule has 1 aromatic heterocycles. The molecule has 0 aliphatic rings. The first kappa shape index (κ1) is 14.7. The van der Waals surface area contributed by atoms with Crippen molar-refractivity contribution < 1.29 is 0 Å². The molecule has 0 saturated heterocycles. The maximum absolute atomic E-state index is 4.44. The molecular formula is C15H23N5. The maximum atomic E-state index is 4.44. The first-order valence-corrected chi connectivity index (χ1v) is 7.20. The molecule has 0 bridgehead atoms. The van der Waals surface area contributed by atoms with E-state index in [-0.39, 0.29) is 0 Å². The first-order chi connectivity index (χ1) is 9.66. The van der Waals surface area contributed by atoms with Crippen LogP contribution in [0.25, 0.3) is 11.0 Å². The molecule has 5 nitrogen and oxygen atoms in total. The molecule has 0 atom stereocenters. The number of unbranched alkanes of at least 4 members (excludes halogenated alkanes) is 1. The second kappa shape index (κ2) is 7.14. The highest BCUT2D eigenvalue weighted by atomic mass is 15.2. The van der Waals surface area contributed by atoms with E-state index in [1.807, 2.05) is 24.3 Å². The third kappa shape index (κ3) is 4.13. The number of hydrogen-bond donors (Lipinski definition) is 1. The topological polar surface area (TPSA) is 53.9 Å². The lowest BCUT2D eigenvalue weighted by Gasteiger charge is -2.20. The Bertz CT molecular complexity index is 541. The lowest BCUT2D eigenvalue weighted by Crippen LogP contribution is -2.27. The summed E-state index contributed by atoms with van der Waals surface area (Å²) in [5, 5.41) is 11.5. The number of nitrogens with one attached hydrogen (secondary N) is 1. The van der Waals surface area contributed by atoms with Crippen molar-refractivity contribution in [3.63, 3.8) is 0 Å². The van der Waals surface area contributed by atoms with E-state index >= 15 is 0 Å². The Labute approximate surface area is 120 Å². The van der Waals surface area contributed by atoms with Gasteiger partial charge in [-0.25, -0.2) is 4.98 Å². The van der Waals surface area contributed by atoms with Gasteiger partial charge in [0, 0.05) is 12.6 Å². The van der Waals surface area contributed by atoms with Crippen LogP contribution in [0.2, 0.25) is 0 Å². The average Bonchev–Trinajstić information content (AvgIpc) is 2.46. The van der Waals surface area contributed by atoms with Gasteiger partial charge in [-0.1, -0.05) is 12.1 Å². The Kier molecular flexibility index (Phi) is 5.24. The van der Waals surface area contributed by atoms with Gasteiger partial charge in [-0.15, -0.1) is 10.2 Å². The lowest BCUT2D eigenvalue weighted by atomic mass is 10.2. The predicted molar refractivity (Wildman–Crippen MR) is 82.8 cm³/mol. The van der Waals surface area contributed by atoms with E-state index in [2.05, 4.69) is 46.3 Å². The summed E-state index contributed by atoms with van der Waals surface area (Å²) in [5.41, 5.74) is 1.71. The fourth-order valence-corrected chi connectivity index (χ4v) is 1.90. The molecule has 0 saturated carbocycles. The summed E-state index contributed by atoms with van der Waals surface area (Å²) in [4.78, 5) is 6.80. The third-order valence-electron chi connectivity index (χ3n) is 3.46.